The highest BCUT2D eigenvalue weighted by molar-refractivity contribution is 9.12. The molecule has 0 amide bonds. The van der Waals surface area contributed by atoms with Crippen LogP contribution >= 0.6 is 15.9 Å². The number of hydrogen-bond donors (Lipinski definition) is 0. The third kappa shape index (κ3) is 2.79. The summed E-state index contributed by atoms with van der Waals surface area (Å²) in [7, 11) is 0. The van der Waals surface area contributed by atoms with Gasteiger partial charge >= 0.3 is 0 Å². The van der Waals surface area contributed by atoms with Gasteiger partial charge in [-0.1, -0.05) is 13.8 Å². The second-order valence-electron chi connectivity index (χ2n) is 4.73. The van der Waals surface area contributed by atoms with Gasteiger partial charge in [0.25, 0.3) is 0 Å². The minimum atomic E-state index is -0.458. The van der Waals surface area contributed by atoms with Gasteiger partial charge in [0, 0.05) is 18.3 Å². The highest BCUT2D eigenvalue weighted by Crippen LogP contribution is 2.45. The maximum atomic E-state index is 12.3. The molecule has 1 rings (SSSR count). The van der Waals surface area contributed by atoms with E-state index in [1.54, 1.807) is 0 Å². The summed E-state index contributed by atoms with van der Waals surface area (Å²) in [6.45, 7) is 6.45. The monoisotopic (exact) mass is 302 g/mol. The van der Waals surface area contributed by atoms with Gasteiger partial charge in [-0.25, -0.2) is 0 Å². The molecular formula is C13H19BrO3. The number of aldehydes is 1. The number of hydrogen-bond acceptors (Lipinski definition) is 3. The number of allylic oxidation sites excluding steroid dienone is 2. The number of carbonyl (C=O) groups is 2. The van der Waals surface area contributed by atoms with Crippen LogP contribution in [0.3, 0.4) is 0 Å². The van der Waals surface area contributed by atoms with Crippen LogP contribution in [0.1, 0.15) is 40.0 Å². The Morgan fingerprint density at radius 2 is 2.24 bits per heavy atom. The summed E-state index contributed by atoms with van der Waals surface area (Å²) in [5.41, 5.74) is -0.458. The Kier molecular flexibility index (Phi) is 4.92. The SMILES string of the molecule is CCOC1=C(Br)C(=O)[C@](C)(CCC=O)[C@H](C)C1. The van der Waals surface area contributed by atoms with Gasteiger partial charge in [-0.15, -0.1) is 0 Å². The van der Waals surface area contributed by atoms with Gasteiger partial charge in [0.2, 0.25) is 0 Å². The molecule has 0 aromatic rings. The maximum absolute atomic E-state index is 12.3. The van der Waals surface area contributed by atoms with E-state index in [-0.39, 0.29) is 11.7 Å². The van der Waals surface area contributed by atoms with E-state index < -0.39 is 5.41 Å². The van der Waals surface area contributed by atoms with Crippen LogP contribution in [-0.2, 0) is 14.3 Å². The molecule has 0 aromatic heterocycles. The lowest BCUT2D eigenvalue weighted by atomic mass is 9.67. The summed E-state index contributed by atoms with van der Waals surface area (Å²) < 4.78 is 6.02. The largest absolute Gasteiger partial charge is 0.497 e. The van der Waals surface area contributed by atoms with E-state index in [0.717, 1.165) is 18.5 Å². The quantitative estimate of drug-likeness (QED) is 0.732. The molecule has 1 aliphatic rings. The Morgan fingerprint density at radius 1 is 1.59 bits per heavy atom. The van der Waals surface area contributed by atoms with Gasteiger partial charge in [0.15, 0.2) is 5.78 Å². The van der Waals surface area contributed by atoms with Crippen LogP contribution in [0.25, 0.3) is 0 Å². The van der Waals surface area contributed by atoms with Crippen molar-refractivity contribution in [2.75, 3.05) is 6.61 Å². The van der Waals surface area contributed by atoms with Gasteiger partial charge in [-0.3, -0.25) is 4.79 Å². The van der Waals surface area contributed by atoms with Gasteiger partial charge in [-0.2, -0.15) is 0 Å². The average Bonchev–Trinajstić information content (AvgIpc) is 2.31. The van der Waals surface area contributed by atoms with Crippen LogP contribution < -0.4 is 0 Å². The highest BCUT2D eigenvalue weighted by Gasteiger charge is 2.44. The Morgan fingerprint density at radius 3 is 2.76 bits per heavy atom. The number of ketones is 1. The highest BCUT2D eigenvalue weighted by atomic mass is 79.9. The number of rotatable bonds is 5. The van der Waals surface area contributed by atoms with Crippen molar-refractivity contribution in [3.63, 3.8) is 0 Å². The smallest absolute Gasteiger partial charge is 0.179 e. The molecule has 2 atom stereocenters. The lowest BCUT2D eigenvalue weighted by Gasteiger charge is -2.38. The van der Waals surface area contributed by atoms with Crippen molar-refractivity contribution >= 4 is 28.0 Å². The molecule has 3 nitrogen and oxygen atoms in total. The Balaban J connectivity index is 2.98. The van der Waals surface area contributed by atoms with Crippen LogP contribution in [0.5, 0.6) is 0 Å². The van der Waals surface area contributed by atoms with Crippen molar-refractivity contribution in [3.05, 3.63) is 10.2 Å². The lowest BCUT2D eigenvalue weighted by Crippen LogP contribution is -2.39. The van der Waals surface area contributed by atoms with Crippen molar-refractivity contribution in [2.24, 2.45) is 11.3 Å². The van der Waals surface area contributed by atoms with E-state index >= 15 is 0 Å². The second-order valence-corrected chi connectivity index (χ2v) is 5.52. The van der Waals surface area contributed by atoms with E-state index in [9.17, 15) is 9.59 Å². The van der Waals surface area contributed by atoms with Crippen LogP contribution in [0.15, 0.2) is 10.2 Å². The molecule has 0 bridgehead atoms. The number of ether oxygens (including phenoxy) is 1. The molecule has 0 N–H and O–H groups in total. The van der Waals surface area contributed by atoms with Crippen molar-refractivity contribution < 1.29 is 14.3 Å². The van der Waals surface area contributed by atoms with E-state index in [0.29, 0.717) is 23.9 Å². The Hall–Kier alpha value is -0.640. The summed E-state index contributed by atoms with van der Waals surface area (Å²) in [5, 5.41) is 0. The molecule has 0 heterocycles. The topological polar surface area (TPSA) is 43.4 Å². The molecule has 0 saturated heterocycles. The third-order valence-corrected chi connectivity index (χ3v) is 4.44. The molecule has 4 heteroatoms. The summed E-state index contributed by atoms with van der Waals surface area (Å²) in [6, 6.07) is 0. The number of Topliss-reactive ketones (excluding diaryl/α,β-unsaturated/α-hetero) is 1. The van der Waals surface area contributed by atoms with Gasteiger partial charge in [-0.05, 0) is 35.2 Å². The lowest BCUT2D eigenvalue weighted by molar-refractivity contribution is -0.128. The zero-order valence-electron chi connectivity index (χ0n) is 10.6. The maximum Gasteiger partial charge on any atom is 0.179 e. The van der Waals surface area contributed by atoms with Crippen molar-refractivity contribution in [3.8, 4) is 0 Å². The fourth-order valence-corrected chi connectivity index (χ4v) is 2.94. The first-order valence-corrected chi connectivity index (χ1v) is 6.76. The molecule has 17 heavy (non-hydrogen) atoms. The van der Waals surface area contributed by atoms with E-state index in [4.69, 9.17) is 4.74 Å². The van der Waals surface area contributed by atoms with E-state index in [1.165, 1.54) is 0 Å². The first-order valence-electron chi connectivity index (χ1n) is 5.97. The molecule has 0 saturated carbocycles. The van der Waals surface area contributed by atoms with Crippen molar-refractivity contribution in [1.29, 1.82) is 0 Å². The standard InChI is InChI=1S/C13H19BrO3/c1-4-17-10-8-9(2)13(3,6-5-7-15)12(16)11(10)14/h7,9H,4-6,8H2,1-3H3/t9-,13-/m1/s1. The minimum absolute atomic E-state index is 0.0570. The predicted molar refractivity (Wildman–Crippen MR) is 69.8 cm³/mol. The van der Waals surface area contributed by atoms with Crippen molar-refractivity contribution in [1.82, 2.24) is 0 Å². The van der Waals surface area contributed by atoms with Crippen LogP contribution in [-0.4, -0.2) is 18.7 Å². The molecule has 1 aliphatic carbocycles. The normalized spacial score (nSPS) is 29.4. The predicted octanol–water partition coefficient (Wildman–Crippen LogP) is 3.22. The Labute approximate surface area is 111 Å². The minimum Gasteiger partial charge on any atom is -0.497 e. The van der Waals surface area contributed by atoms with Gasteiger partial charge in [0.1, 0.15) is 12.0 Å². The molecule has 0 radical (unpaired) electrons. The molecule has 96 valence electrons. The summed E-state index contributed by atoms with van der Waals surface area (Å²) in [4.78, 5) is 22.8. The molecule has 0 unspecified atom stereocenters. The molecule has 0 fully saturated rings. The first-order chi connectivity index (χ1) is 7.97. The fraction of sp³-hybridized carbons (Fsp3) is 0.692. The number of carbonyl (C=O) groups excluding carboxylic acids is 2. The van der Waals surface area contributed by atoms with Gasteiger partial charge < -0.3 is 9.53 Å². The zero-order chi connectivity index (χ0) is 13.1. The average molecular weight is 303 g/mol. The third-order valence-electron chi connectivity index (χ3n) is 3.64. The first kappa shape index (κ1) is 14.4. The molecular weight excluding hydrogens is 284 g/mol. The second kappa shape index (κ2) is 5.80. The summed E-state index contributed by atoms with van der Waals surface area (Å²) in [5.74, 6) is 0.993. The van der Waals surface area contributed by atoms with Crippen molar-refractivity contribution in [2.45, 2.75) is 40.0 Å². The molecule has 0 aliphatic heterocycles. The fourth-order valence-electron chi connectivity index (χ4n) is 2.21. The van der Waals surface area contributed by atoms with Crippen LogP contribution in [0.2, 0.25) is 0 Å². The van der Waals surface area contributed by atoms with E-state index in [1.807, 2.05) is 20.8 Å². The zero-order valence-corrected chi connectivity index (χ0v) is 12.2. The number of halogens is 1. The summed E-state index contributed by atoms with van der Waals surface area (Å²) >= 11 is 3.33. The Bertz CT molecular complexity index is 349. The van der Waals surface area contributed by atoms with Crippen LogP contribution in [0.4, 0.5) is 0 Å². The molecule has 0 spiro atoms. The van der Waals surface area contributed by atoms with Gasteiger partial charge in [0.05, 0.1) is 11.1 Å². The molecule has 0 aromatic carbocycles. The van der Waals surface area contributed by atoms with E-state index in [2.05, 4.69) is 15.9 Å². The summed E-state index contributed by atoms with van der Waals surface area (Å²) in [6.07, 6.45) is 2.65. The van der Waals surface area contributed by atoms with Crippen LogP contribution in [0, 0.1) is 11.3 Å².